The second-order valence-electron chi connectivity index (χ2n) is 6.41. The number of para-hydroxylation sites is 1. The van der Waals surface area contributed by atoms with Crippen molar-refractivity contribution < 1.29 is 0 Å². The molecule has 1 atom stereocenters. The number of benzene rings is 1. The summed E-state index contributed by atoms with van der Waals surface area (Å²) in [5.41, 5.74) is 9.92. The molecular formula is C19H32N4. The molecule has 1 aromatic rings. The van der Waals surface area contributed by atoms with Crippen molar-refractivity contribution in [3.8, 4) is 0 Å². The smallest absolute Gasteiger partial charge is 0.193 e. The largest absolute Gasteiger partial charge is 0.370 e. The van der Waals surface area contributed by atoms with Crippen LogP contribution >= 0.6 is 0 Å². The molecule has 0 spiro atoms. The van der Waals surface area contributed by atoms with Crippen LogP contribution in [-0.2, 0) is 12.8 Å². The number of rotatable bonds is 6. The van der Waals surface area contributed by atoms with Crippen molar-refractivity contribution in [3.63, 3.8) is 0 Å². The van der Waals surface area contributed by atoms with Crippen LogP contribution < -0.4 is 11.1 Å². The van der Waals surface area contributed by atoms with Crippen molar-refractivity contribution in [2.24, 2.45) is 16.6 Å². The third-order valence-corrected chi connectivity index (χ3v) is 4.82. The summed E-state index contributed by atoms with van der Waals surface area (Å²) in [5, 5.41) is 3.36. The van der Waals surface area contributed by atoms with Crippen LogP contribution in [0.5, 0.6) is 0 Å². The third kappa shape index (κ3) is 4.96. The molecule has 1 aliphatic rings. The first-order chi connectivity index (χ1) is 11.2. The molecule has 0 aliphatic carbocycles. The topological polar surface area (TPSA) is 53.6 Å². The Morgan fingerprint density at radius 1 is 1.26 bits per heavy atom. The van der Waals surface area contributed by atoms with E-state index in [-0.39, 0.29) is 0 Å². The molecule has 1 saturated heterocycles. The lowest BCUT2D eigenvalue weighted by atomic mass is 9.98. The number of hydrogen-bond donors (Lipinski definition) is 2. The molecule has 128 valence electrons. The fourth-order valence-corrected chi connectivity index (χ4v) is 3.39. The number of anilines is 1. The summed E-state index contributed by atoms with van der Waals surface area (Å²) in [7, 11) is 0. The molecular weight excluding hydrogens is 284 g/mol. The second-order valence-corrected chi connectivity index (χ2v) is 6.41. The number of likely N-dealkylation sites (tertiary alicyclic amines) is 1. The lowest BCUT2D eigenvalue weighted by Gasteiger charge is -2.31. The summed E-state index contributed by atoms with van der Waals surface area (Å²) >= 11 is 0. The van der Waals surface area contributed by atoms with Crippen LogP contribution in [0.1, 0.15) is 44.7 Å². The Morgan fingerprint density at radius 3 is 2.57 bits per heavy atom. The minimum atomic E-state index is 0.550. The Morgan fingerprint density at radius 2 is 1.96 bits per heavy atom. The quantitative estimate of drug-likeness (QED) is 0.625. The van der Waals surface area contributed by atoms with Gasteiger partial charge in [0, 0.05) is 18.8 Å². The number of aliphatic imine (C=N–C) groups is 1. The third-order valence-electron chi connectivity index (χ3n) is 4.82. The molecule has 1 heterocycles. The predicted molar refractivity (Wildman–Crippen MR) is 100 cm³/mol. The molecule has 23 heavy (non-hydrogen) atoms. The average molecular weight is 316 g/mol. The van der Waals surface area contributed by atoms with E-state index >= 15 is 0 Å². The van der Waals surface area contributed by atoms with E-state index in [2.05, 4.69) is 54.2 Å². The zero-order valence-electron chi connectivity index (χ0n) is 14.9. The van der Waals surface area contributed by atoms with Crippen molar-refractivity contribution in [2.45, 2.75) is 46.5 Å². The van der Waals surface area contributed by atoms with Gasteiger partial charge < -0.3 is 16.0 Å². The van der Waals surface area contributed by atoms with Gasteiger partial charge >= 0.3 is 0 Å². The molecule has 1 aromatic carbocycles. The van der Waals surface area contributed by atoms with E-state index in [9.17, 15) is 0 Å². The average Bonchev–Trinajstić information content (AvgIpc) is 2.60. The van der Waals surface area contributed by atoms with Crippen LogP contribution in [0.15, 0.2) is 23.2 Å². The summed E-state index contributed by atoms with van der Waals surface area (Å²) in [6.07, 6.45) is 4.54. The minimum absolute atomic E-state index is 0.550. The standard InChI is InChI=1S/C19H32N4/c1-4-16-10-7-11-17(5-2)18(16)22-19(20)21-13-15-9-8-12-23(6-3)14-15/h7,10-11,15H,4-6,8-9,12-14H2,1-3H3,(H3,20,21,22). The molecule has 4 nitrogen and oxygen atoms in total. The number of piperidine rings is 1. The van der Waals surface area contributed by atoms with Crippen LogP contribution in [0, 0.1) is 5.92 Å². The van der Waals surface area contributed by atoms with Gasteiger partial charge in [-0.1, -0.05) is 39.0 Å². The number of hydrogen-bond acceptors (Lipinski definition) is 2. The first kappa shape index (κ1) is 17.8. The van der Waals surface area contributed by atoms with Crippen molar-refractivity contribution in [3.05, 3.63) is 29.3 Å². The molecule has 0 aromatic heterocycles. The van der Waals surface area contributed by atoms with Gasteiger partial charge in [-0.25, -0.2) is 0 Å². The van der Waals surface area contributed by atoms with Gasteiger partial charge in [0.15, 0.2) is 5.96 Å². The van der Waals surface area contributed by atoms with E-state index in [1.54, 1.807) is 0 Å². The van der Waals surface area contributed by atoms with E-state index in [0.717, 1.165) is 38.2 Å². The Kier molecular flexibility index (Phi) is 6.90. The summed E-state index contributed by atoms with van der Waals surface area (Å²) in [6, 6.07) is 6.45. The number of nitrogens with two attached hydrogens (primary N) is 1. The fraction of sp³-hybridized carbons (Fsp3) is 0.632. The monoisotopic (exact) mass is 316 g/mol. The predicted octanol–water partition coefficient (Wildman–Crippen LogP) is 3.27. The fourth-order valence-electron chi connectivity index (χ4n) is 3.39. The molecule has 2 rings (SSSR count). The molecule has 0 bridgehead atoms. The van der Waals surface area contributed by atoms with Crippen LogP contribution in [0.3, 0.4) is 0 Å². The highest BCUT2D eigenvalue weighted by atomic mass is 15.1. The summed E-state index contributed by atoms with van der Waals surface area (Å²) in [6.45, 7) is 10.9. The van der Waals surface area contributed by atoms with Gasteiger partial charge in [-0.05, 0) is 55.8 Å². The van der Waals surface area contributed by atoms with Gasteiger partial charge in [-0.15, -0.1) is 0 Å². The number of guanidine groups is 1. The van der Waals surface area contributed by atoms with Gasteiger partial charge in [-0.2, -0.15) is 0 Å². The highest BCUT2D eigenvalue weighted by Gasteiger charge is 2.18. The molecule has 1 unspecified atom stereocenters. The Balaban J connectivity index is 2.00. The van der Waals surface area contributed by atoms with E-state index in [1.807, 2.05) is 0 Å². The number of aryl methyl sites for hydroxylation is 2. The van der Waals surface area contributed by atoms with E-state index in [0.29, 0.717) is 11.9 Å². The van der Waals surface area contributed by atoms with Crippen LogP contribution in [0.25, 0.3) is 0 Å². The van der Waals surface area contributed by atoms with Crippen LogP contribution in [0.4, 0.5) is 5.69 Å². The van der Waals surface area contributed by atoms with Crippen molar-refractivity contribution in [2.75, 3.05) is 31.5 Å². The van der Waals surface area contributed by atoms with Crippen molar-refractivity contribution in [1.82, 2.24) is 4.90 Å². The van der Waals surface area contributed by atoms with Gasteiger partial charge in [0.1, 0.15) is 0 Å². The number of nitrogens with zero attached hydrogens (tertiary/aromatic N) is 2. The summed E-state index contributed by atoms with van der Waals surface area (Å²) in [5.74, 6) is 1.19. The van der Waals surface area contributed by atoms with E-state index in [1.165, 1.54) is 30.5 Å². The Hall–Kier alpha value is -1.55. The van der Waals surface area contributed by atoms with Crippen molar-refractivity contribution in [1.29, 1.82) is 0 Å². The molecule has 0 saturated carbocycles. The minimum Gasteiger partial charge on any atom is -0.370 e. The van der Waals surface area contributed by atoms with E-state index in [4.69, 9.17) is 5.73 Å². The first-order valence-electron chi connectivity index (χ1n) is 9.07. The highest BCUT2D eigenvalue weighted by molar-refractivity contribution is 5.93. The summed E-state index contributed by atoms with van der Waals surface area (Å²) in [4.78, 5) is 7.13. The summed E-state index contributed by atoms with van der Waals surface area (Å²) < 4.78 is 0. The maximum atomic E-state index is 6.16. The maximum absolute atomic E-state index is 6.16. The zero-order chi connectivity index (χ0) is 16.7. The van der Waals surface area contributed by atoms with Crippen molar-refractivity contribution >= 4 is 11.6 Å². The second kappa shape index (κ2) is 8.92. The maximum Gasteiger partial charge on any atom is 0.193 e. The van der Waals surface area contributed by atoms with Gasteiger partial charge in [0.05, 0.1) is 0 Å². The lowest BCUT2D eigenvalue weighted by molar-refractivity contribution is 0.187. The normalized spacial score (nSPS) is 19.8. The Bertz CT molecular complexity index is 502. The molecule has 0 radical (unpaired) electrons. The highest BCUT2D eigenvalue weighted by Crippen LogP contribution is 2.22. The Labute approximate surface area is 141 Å². The van der Waals surface area contributed by atoms with Gasteiger partial charge in [0.2, 0.25) is 0 Å². The molecule has 1 fully saturated rings. The van der Waals surface area contributed by atoms with Gasteiger partial charge in [0.25, 0.3) is 0 Å². The molecule has 4 heteroatoms. The molecule has 0 amide bonds. The zero-order valence-corrected chi connectivity index (χ0v) is 14.9. The van der Waals surface area contributed by atoms with Crippen LogP contribution in [-0.4, -0.2) is 37.0 Å². The van der Waals surface area contributed by atoms with E-state index < -0.39 is 0 Å². The molecule has 3 N–H and O–H groups in total. The lowest BCUT2D eigenvalue weighted by Crippen LogP contribution is -2.36. The molecule has 1 aliphatic heterocycles. The van der Waals surface area contributed by atoms with Gasteiger partial charge in [-0.3, -0.25) is 4.99 Å². The number of nitrogens with one attached hydrogen (secondary N) is 1. The van der Waals surface area contributed by atoms with Crippen LogP contribution in [0.2, 0.25) is 0 Å². The first-order valence-corrected chi connectivity index (χ1v) is 9.07. The SMILES string of the molecule is CCc1cccc(CC)c1NC(N)=NCC1CCCN(CC)C1.